The molecule has 1 fully saturated rings. The van der Waals surface area contributed by atoms with Crippen LogP contribution in [0.1, 0.15) is 24.8 Å². The van der Waals surface area contributed by atoms with E-state index < -0.39 is 0 Å². The summed E-state index contributed by atoms with van der Waals surface area (Å²) in [6, 6.07) is 8.06. The van der Waals surface area contributed by atoms with Crippen LogP contribution in [-0.4, -0.2) is 35.1 Å². The van der Waals surface area contributed by atoms with Crippen LogP contribution in [0.15, 0.2) is 28.7 Å². The monoisotopic (exact) mass is 311 g/mol. The van der Waals surface area contributed by atoms with Gasteiger partial charge in [0.1, 0.15) is 0 Å². The Balaban J connectivity index is 1.81. The molecule has 0 aliphatic carbocycles. The van der Waals surface area contributed by atoms with Gasteiger partial charge in [-0.3, -0.25) is 4.79 Å². The lowest BCUT2D eigenvalue weighted by Gasteiger charge is -2.29. The molecule has 1 saturated heterocycles. The number of hydrogen-bond donors (Lipinski definition) is 1. The van der Waals surface area contributed by atoms with E-state index in [0.717, 1.165) is 10.9 Å². The number of hydrogen-bond acceptors (Lipinski definition) is 2. The molecule has 1 aromatic carbocycles. The fraction of sp³-hybridized carbons (Fsp3) is 0.500. The normalized spacial score (nSPS) is 16.9. The summed E-state index contributed by atoms with van der Waals surface area (Å²) in [7, 11) is 0. The van der Waals surface area contributed by atoms with Gasteiger partial charge in [-0.15, -0.1) is 0 Å². The molecule has 0 saturated carbocycles. The smallest absolute Gasteiger partial charge is 0.222 e. The Labute approximate surface area is 116 Å². The van der Waals surface area contributed by atoms with Gasteiger partial charge < -0.3 is 10.0 Å². The van der Waals surface area contributed by atoms with E-state index in [1.54, 1.807) is 0 Å². The number of piperidine rings is 1. The molecular weight excluding hydrogens is 294 g/mol. The Morgan fingerprint density at radius 3 is 2.78 bits per heavy atom. The Bertz CT molecular complexity index is 414. The number of amides is 1. The number of aliphatic hydroxyl groups is 1. The van der Waals surface area contributed by atoms with Crippen LogP contribution in [0.4, 0.5) is 0 Å². The van der Waals surface area contributed by atoms with Gasteiger partial charge in [-0.1, -0.05) is 28.1 Å². The largest absolute Gasteiger partial charge is 0.393 e. The predicted octanol–water partition coefficient (Wildman–Crippen LogP) is 2.37. The number of benzene rings is 1. The van der Waals surface area contributed by atoms with E-state index in [-0.39, 0.29) is 12.0 Å². The van der Waals surface area contributed by atoms with Gasteiger partial charge in [0.05, 0.1) is 6.10 Å². The van der Waals surface area contributed by atoms with E-state index in [0.29, 0.717) is 32.4 Å². The average molecular weight is 312 g/mol. The Kier molecular flexibility index (Phi) is 4.78. The molecule has 1 amide bonds. The highest BCUT2D eigenvalue weighted by molar-refractivity contribution is 9.10. The first-order chi connectivity index (χ1) is 8.65. The second-order valence-corrected chi connectivity index (χ2v) is 5.66. The van der Waals surface area contributed by atoms with Crippen LogP contribution < -0.4 is 0 Å². The van der Waals surface area contributed by atoms with Crippen molar-refractivity contribution in [2.45, 2.75) is 31.8 Å². The average Bonchev–Trinajstić information content (AvgIpc) is 2.37. The van der Waals surface area contributed by atoms with Crippen LogP contribution >= 0.6 is 15.9 Å². The van der Waals surface area contributed by atoms with Crippen molar-refractivity contribution < 1.29 is 9.90 Å². The van der Waals surface area contributed by atoms with Gasteiger partial charge in [-0.2, -0.15) is 0 Å². The number of carbonyl (C=O) groups is 1. The quantitative estimate of drug-likeness (QED) is 0.931. The first-order valence-electron chi connectivity index (χ1n) is 6.35. The third-order valence-electron chi connectivity index (χ3n) is 3.33. The molecule has 2 rings (SSSR count). The summed E-state index contributed by atoms with van der Waals surface area (Å²) in [5.41, 5.74) is 1.18. The van der Waals surface area contributed by atoms with Crippen LogP contribution in [0.2, 0.25) is 0 Å². The van der Waals surface area contributed by atoms with Gasteiger partial charge in [-0.25, -0.2) is 0 Å². The molecule has 0 aromatic heterocycles. The molecule has 1 N–H and O–H groups in total. The molecule has 98 valence electrons. The molecule has 1 aliphatic heterocycles. The highest BCUT2D eigenvalue weighted by atomic mass is 79.9. The van der Waals surface area contributed by atoms with Crippen molar-refractivity contribution in [2.75, 3.05) is 13.1 Å². The van der Waals surface area contributed by atoms with Crippen LogP contribution in [0.3, 0.4) is 0 Å². The second-order valence-electron chi connectivity index (χ2n) is 4.74. The number of aryl methyl sites for hydroxylation is 1. The van der Waals surface area contributed by atoms with E-state index in [4.69, 9.17) is 0 Å². The van der Waals surface area contributed by atoms with Gasteiger partial charge in [0.25, 0.3) is 0 Å². The fourth-order valence-corrected chi connectivity index (χ4v) is 2.66. The number of likely N-dealkylation sites (tertiary alicyclic amines) is 1. The molecule has 0 atom stereocenters. The van der Waals surface area contributed by atoms with Gasteiger partial charge in [-0.05, 0) is 37.0 Å². The van der Waals surface area contributed by atoms with Crippen LogP contribution in [-0.2, 0) is 11.2 Å². The minimum atomic E-state index is -0.223. The van der Waals surface area contributed by atoms with E-state index in [2.05, 4.69) is 15.9 Å². The summed E-state index contributed by atoms with van der Waals surface area (Å²) in [5, 5.41) is 9.40. The van der Waals surface area contributed by atoms with E-state index in [1.165, 1.54) is 5.56 Å². The summed E-state index contributed by atoms with van der Waals surface area (Å²) in [6.07, 6.45) is 2.52. The zero-order chi connectivity index (χ0) is 13.0. The van der Waals surface area contributed by atoms with Crippen LogP contribution in [0.25, 0.3) is 0 Å². The van der Waals surface area contributed by atoms with Gasteiger partial charge in [0.2, 0.25) is 5.91 Å². The van der Waals surface area contributed by atoms with E-state index in [1.807, 2.05) is 29.2 Å². The molecular formula is C14H18BrNO2. The van der Waals surface area contributed by atoms with Crippen molar-refractivity contribution in [3.8, 4) is 0 Å². The lowest BCUT2D eigenvalue weighted by atomic mass is 10.1. The number of carbonyl (C=O) groups excluding carboxylic acids is 1. The molecule has 0 bridgehead atoms. The van der Waals surface area contributed by atoms with Gasteiger partial charge in [0, 0.05) is 24.0 Å². The van der Waals surface area contributed by atoms with Crippen molar-refractivity contribution in [3.63, 3.8) is 0 Å². The Morgan fingerprint density at radius 1 is 1.39 bits per heavy atom. The fourth-order valence-electron chi connectivity index (χ4n) is 2.22. The number of rotatable bonds is 3. The summed E-state index contributed by atoms with van der Waals surface area (Å²) in [6.45, 7) is 1.39. The lowest BCUT2D eigenvalue weighted by molar-refractivity contribution is -0.133. The number of nitrogens with zero attached hydrogens (tertiary/aromatic N) is 1. The minimum Gasteiger partial charge on any atom is -0.393 e. The first kappa shape index (κ1) is 13.6. The van der Waals surface area contributed by atoms with Crippen molar-refractivity contribution in [3.05, 3.63) is 34.3 Å². The summed E-state index contributed by atoms with van der Waals surface area (Å²) in [4.78, 5) is 13.9. The zero-order valence-electron chi connectivity index (χ0n) is 10.3. The Morgan fingerprint density at radius 2 is 2.11 bits per heavy atom. The molecule has 3 nitrogen and oxygen atoms in total. The zero-order valence-corrected chi connectivity index (χ0v) is 11.9. The van der Waals surface area contributed by atoms with E-state index >= 15 is 0 Å². The van der Waals surface area contributed by atoms with E-state index in [9.17, 15) is 9.90 Å². The van der Waals surface area contributed by atoms with Crippen LogP contribution in [0, 0.1) is 0 Å². The standard InChI is InChI=1S/C14H18BrNO2/c15-12-3-1-2-11(10-12)4-5-14(18)16-8-6-13(17)7-9-16/h1-3,10,13,17H,4-9H2. The van der Waals surface area contributed by atoms with Crippen molar-refractivity contribution in [2.24, 2.45) is 0 Å². The molecule has 0 radical (unpaired) electrons. The van der Waals surface area contributed by atoms with Crippen molar-refractivity contribution in [1.29, 1.82) is 0 Å². The maximum atomic E-state index is 12.0. The molecule has 18 heavy (non-hydrogen) atoms. The van der Waals surface area contributed by atoms with Gasteiger partial charge >= 0.3 is 0 Å². The minimum absolute atomic E-state index is 0.196. The SMILES string of the molecule is O=C(CCc1cccc(Br)c1)N1CCC(O)CC1. The van der Waals surface area contributed by atoms with Crippen LogP contribution in [0.5, 0.6) is 0 Å². The third kappa shape index (κ3) is 3.82. The maximum absolute atomic E-state index is 12.0. The summed E-state index contributed by atoms with van der Waals surface area (Å²) < 4.78 is 1.05. The Hall–Kier alpha value is -0.870. The highest BCUT2D eigenvalue weighted by Gasteiger charge is 2.20. The highest BCUT2D eigenvalue weighted by Crippen LogP contribution is 2.15. The molecule has 1 aromatic rings. The van der Waals surface area contributed by atoms with Crippen molar-refractivity contribution >= 4 is 21.8 Å². The number of halogens is 1. The van der Waals surface area contributed by atoms with Crippen molar-refractivity contribution in [1.82, 2.24) is 4.90 Å². The second kappa shape index (κ2) is 6.34. The lowest BCUT2D eigenvalue weighted by Crippen LogP contribution is -2.40. The number of aliphatic hydroxyl groups excluding tert-OH is 1. The molecule has 4 heteroatoms. The predicted molar refractivity (Wildman–Crippen MR) is 74.3 cm³/mol. The summed E-state index contributed by atoms with van der Waals surface area (Å²) >= 11 is 3.43. The van der Waals surface area contributed by atoms with Gasteiger partial charge in [0.15, 0.2) is 0 Å². The first-order valence-corrected chi connectivity index (χ1v) is 7.15. The molecule has 0 spiro atoms. The molecule has 0 unspecified atom stereocenters. The third-order valence-corrected chi connectivity index (χ3v) is 3.83. The maximum Gasteiger partial charge on any atom is 0.222 e. The summed E-state index contributed by atoms with van der Waals surface area (Å²) in [5.74, 6) is 0.196. The topological polar surface area (TPSA) is 40.5 Å². The molecule has 1 aliphatic rings. The molecule has 1 heterocycles.